The topological polar surface area (TPSA) is 147 Å². The molecule has 0 saturated carbocycles. The van der Waals surface area contributed by atoms with Crippen molar-refractivity contribution in [3.8, 4) is 0 Å². The number of carbonyl (C=O) groups is 1. The number of aromatic nitrogens is 3. The average Bonchev–Trinajstić information content (AvgIpc) is 2.84. The molecule has 2 aromatic rings. The molecule has 1 aromatic carbocycles. The molecule has 0 bridgehead atoms. The van der Waals surface area contributed by atoms with E-state index >= 15 is 0 Å². The summed E-state index contributed by atoms with van der Waals surface area (Å²) in [5.74, 6) is 0.462. The van der Waals surface area contributed by atoms with Crippen molar-refractivity contribution in [2.45, 2.75) is 36.9 Å². The molecular formula is C14H16N4O6S. The van der Waals surface area contributed by atoms with Gasteiger partial charge in [0.1, 0.15) is 5.82 Å². The number of rotatable bonds is 4. The summed E-state index contributed by atoms with van der Waals surface area (Å²) in [5.41, 5.74) is 0.178. The van der Waals surface area contributed by atoms with E-state index in [9.17, 15) is 18.0 Å². The summed E-state index contributed by atoms with van der Waals surface area (Å²) in [6.45, 7) is 0.115. The van der Waals surface area contributed by atoms with Crippen molar-refractivity contribution in [3.05, 3.63) is 46.1 Å². The normalized spacial score (nSPS) is 17.1. The molecule has 0 fully saturated rings. The first-order chi connectivity index (χ1) is 11.8. The van der Waals surface area contributed by atoms with Gasteiger partial charge in [0, 0.05) is 12.8 Å². The second-order valence-corrected chi connectivity index (χ2v) is 7.21. The summed E-state index contributed by atoms with van der Waals surface area (Å²) in [5, 5.41) is 18.1. The van der Waals surface area contributed by atoms with Crippen molar-refractivity contribution < 1.29 is 23.1 Å². The van der Waals surface area contributed by atoms with Crippen LogP contribution in [0.2, 0.25) is 0 Å². The number of hydrogen-bond acceptors (Lipinski definition) is 6. The lowest BCUT2D eigenvalue weighted by Gasteiger charge is -2.21. The standard InChI is InChI=1S/C14H16N4O6S/c15-25(22,23)10-6-4-9(5-7-10)8-17-13(19)18-11(16-17)2-1-3-12(18)24-14(20)21/h4-7,12H,1-3,8H2,(H,20,21)(H2,15,22,23). The molecule has 11 heteroatoms. The molecule has 1 atom stereocenters. The molecule has 0 aliphatic carbocycles. The van der Waals surface area contributed by atoms with Crippen molar-refractivity contribution in [1.82, 2.24) is 14.3 Å². The van der Waals surface area contributed by atoms with Gasteiger partial charge in [-0.3, -0.25) is 0 Å². The number of aryl methyl sites for hydroxylation is 1. The molecule has 25 heavy (non-hydrogen) atoms. The van der Waals surface area contributed by atoms with Gasteiger partial charge in [0.25, 0.3) is 0 Å². The van der Waals surface area contributed by atoms with Gasteiger partial charge in [-0.2, -0.15) is 5.10 Å². The lowest BCUT2D eigenvalue weighted by atomic mass is 10.1. The van der Waals surface area contributed by atoms with E-state index < -0.39 is 28.1 Å². The predicted octanol–water partition coefficient (Wildman–Crippen LogP) is 0.270. The van der Waals surface area contributed by atoms with Gasteiger partial charge in [-0.1, -0.05) is 12.1 Å². The highest BCUT2D eigenvalue weighted by atomic mass is 32.2. The number of nitrogens with zero attached hydrogens (tertiary/aromatic N) is 3. The molecule has 10 nitrogen and oxygen atoms in total. The van der Waals surface area contributed by atoms with Gasteiger partial charge in [0.2, 0.25) is 10.0 Å². The molecule has 2 heterocycles. The van der Waals surface area contributed by atoms with Gasteiger partial charge in [0.15, 0.2) is 6.23 Å². The van der Waals surface area contributed by atoms with Crippen LogP contribution >= 0.6 is 0 Å². The van der Waals surface area contributed by atoms with Crippen molar-refractivity contribution >= 4 is 16.2 Å². The Morgan fingerprint density at radius 2 is 2.04 bits per heavy atom. The second-order valence-electron chi connectivity index (χ2n) is 5.65. The largest absolute Gasteiger partial charge is 0.507 e. The van der Waals surface area contributed by atoms with Crippen LogP contribution in [0.25, 0.3) is 0 Å². The van der Waals surface area contributed by atoms with Crippen LogP contribution in [-0.4, -0.2) is 34.0 Å². The zero-order valence-corrected chi connectivity index (χ0v) is 13.8. The molecule has 134 valence electrons. The maximum absolute atomic E-state index is 12.5. The van der Waals surface area contributed by atoms with Crippen LogP contribution < -0.4 is 10.8 Å². The highest BCUT2D eigenvalue weighted by Gasteiger charge is 2.28. The minimum atomic E-state index is -3.78. The van der Waals surface area contributed by atoms with E-state index in [1.54, 1.807) is 0 Å². The lowest BCUT2D eigenvalue weighted by Crippen LogP contribution is -2.33. The Balaban J connectivity index is 1.88. The van der Waals surface area contributed by atoms with Crippen LogP contribution in [0.1, 0.15) is 30.5 Å². The van der Waals surface area contributed by atoms with Gasteiger partial charge < -0.3 is 9.84 Å². The van der Waals surface area contributed by atoms with Crippen molar-refractivity contribution in [2.24, 2.45) is 5.14 Å². The highest BCUT2D eigenvalue weighted by molar-refractivity contribution is 7.89. The molecule has 1 aromatic heterocycles. The first-order valence-corrected chi connectivity index (χ1v) is 9.00. The van der Waals surface area contributed by atoms with Gasteiger partial charge in [-0.25, -0.2) is 32.4 Å². The number of sulfonamides is 1. The van der Waals surface area contributed by atoms with Crippen LogP contribution in [0.5, 0.6) is 0 Å². The van der Waals surface area contributed by atoms with Crippen LogP contribution in [0.3, 0.4) is 0 Å². The molecule has 1 aliphatic rings. The third-order valence-corrected chi connectivity index (χ3v) is 4.83. The number of ether oxygens (including phenoxy) is 1. The number of hydrogen-bond donors (Lipinski definition) is 2. The minimum absolute atomic E-state index is 0.0253. The summed E-state index contributed by atoms with van der Waals surface area (Å²) in [7, 11) is -3.78. The fourth-order valence-corrected chi connectivity index (χ4v) is 3.29. The first-order valence-electron chi connectivity index (χ1n) is 7.45. The fraction of sp³-hybridized carbons (Fsp3) is 0.357. The maximum atomic E-state index is 12.5. The number of primary sulfonamides is 1. The Hall–Kier alpha value is -2.66. The molecule has 3 rings (SSSR count). The van der Waals surface area contributed by atoms with Crippen molar-refractivity contribution in [2.75, 3.05) is 0 Å². The number of fused-ring (bicyclic) bond motifs is 1. The SMILES string of the molecule is NS(=O)(=O)c1ccc(Cn2nc3n(c2=O)C(OC(=O)O)CCC3)cc1. The van der Waals surface area contributed by atoms with Crippen LogP contribution in [-0.2, 0) is 27.7 Å². The van der Waals surface area contributed by atoms with E-state index in [4.69, 9.17) is 15.0 Å². The molecule has 0 amide bonds. The Morgan fingerprint density at radius 1 is 1.36 bits per heavy atom. The van der Waals surface area contributed by atoms with E-state index in [1.165, 1.54) is 33.5 Å². The fourth-order valence-electron chi connectivity index (χ4n) is 2.78. The smallest absolute Gasteiger partial charge is 0.450 e. The quantitative estimate of drug-likeness (QED) is 0.736. The Morgan fingerprint density at radius 3 is 2.64 bits per heavy atom. The van der Waals surface area contributed by atoms with E-state index in [-0.39, 0.29) is 11.4 Å². The van der Waals surface area contributed by atoms with Crippen LogP contribution in [0.15, 0.2) is 34.0 Å². The Labute approximate surface area is 142 Å². The first kappa shape index (κ1) is 17.2. The average molecular weight is 368 g/mol. The van der Waals surface area contributed by atoms with E-state index in [1.807, 2.05) is 0 Å². The molecular weight excluding hydrogens is 352 g/mol. The van der Waals surface area contributed by atoms with Gasteiger partial charge in [-0.05, 0) is 24.1 Å². The summed E-state index contributed by atoms with van der Waals surface area (Å²) in [4.78, 5) is 23.3. The maximum Gasteiger partial charge on any atom is 0.507 e. The summed E-state index contributed by atoms with van der Waals surface area (Å²) in [6, 6.07) is 5.77. The van der Waals surface area contributed by atoms with Crippen LogP contribution in [0, 0.1) is 0 Å². The van der Waals surface area contributed by atoms with Gasteiger partial charge >= 0.3 is 11.8 Å². The van der Waals surface area contributed by atoms with Crippen LogP contribution in [0.4, 0.5) is 4.79 Å². The molecule has 1 aliphatic heterocycles. The Kier molecular flexibility index (Phi) is 4.35. The number of nitrogens with two attached hydrogens (primary N) is 1. The van der Waals surface area contributed by atoms with E-state index in [2.05, 4.69) is 5.10 Å². The molecule has 1 unspecified atom stereocenters. The zero-order chi connectivity index (χ0) is 18.2. The molecule has 0 saturated heterocycles. The third kappa shape index (κ3) is 3.56. The monoisotopic (exact) mass is 368 g/mol. The molecule has 0 spiro atoms. The lowest BCUT2D eigenvalue weighted by molar-refractivity contribution is 0.00392. The predicted molar refractivity (Wildman–Crippen MR) is 84.5 cm³/mol. The third-order valence-electron chi connectivity index (χ3n) is 3.90. The minimum Gasteiger partial charge on any atom is -0.450 e. The summed E-state index contributed by atoms with van der Waals surface area (Å²) < 4.78 is 29.7. The Bertz CT molecular complexity index is 960. The van der Waals surface area contributed by atoms with Crippen molar-refractivity contribution in [3.63, 3.8) is 0 Å². The summed E-state index contributed by atoms with van der Waals surface area (Å²) >= 11 is 0. The number of benzene rings is 1. The molecule has 0 radical (unpaired) electrons. The van der Waals surface area contributed by atoms with Gasteiger partial charge in [0.05, 0.1) is 11.4 Å². The molecule has 3 N–H and O–H groups in total. The van der Waals surface area contributed by atoms with E-state index in [0.29, 0.717) is 30.7 Å². The van der Waals surface area contributed by atoms with Gasteiger partial charge in [-0.15, -0.1) is 0 Å². The highest BCUT2D eigenvalue weighted by Crippen LogP contribution is 2.23. The zero-order valence-electron chi connectivity index (χ0n) is 13.0. The number of carboxylic acid groups (broad SMARTS) is 1. The van der Waals surface area contributed by atoms with E-state index in [0.717, 1.165) is 0 Å². The second kappa shape index (κ2) is 6.33. The van der Waals surface area contributed by atoms with Crippen molar-refractivity contribution in [1.29, 1.82) is 0 Å². The summed E-state index contributed by atoms with van der Waals surface area (Å²) in [6.07, 6.45) is -0.708.